The maximum atomic E-state index is 12.1. The lowest BCUT2D eigenvalue weighted by Gasteiger charge is -2.36. The van der Waals surface area contributed by atoms with Crippen molar-refractivity contribution in [1.29, 1.82) is 0 Å². The van der Waals surface area contributed by atoms with Gasteiger partial charge in [0.2, 0.25) is 5.91 Å². The molecule has 1 aliphatic rings. The lowest BCUT2D eigenvalue weighted by molar-refractivity contribution is -0.140. The van der Waals surface area contributed by atoms with E-state index in [-0.39, 0.29) is 24.7 Å². The molecule has 1 saturated heterocycles. The summed E-state index contributed by atoms with van der Waals surface area (Å²) >= 11 is 3.20. The first kappa shape index (κ1) is 14.3. The van der Waals surface area contributed by atoms with Crippen molar-refractivity contribution in [3.05, 3.63) is 28.6 Å². The zero-order valence-corrected chi connectivity index (χ0v) is 12.2. The van der Waals surface area contributed by atoms with Crippen molar-refractivity contribution in [1.82, 2.24) is 4.90 Å². The third-order valence-electron chi connectivity index (χ3n) is 2.98. The number of carbonyl (C=O) groups is 1. The summed E-state index contributed by atoms with van der Waals surface area (Å²) in [6, 6.07) is 3.54. The van der Waals surface area contributed by atoms with Crippen LogP contribution in [0.1, 0.15) is 12.7 Å². The van der Waals surface area contributed by atoms with Crippen LogP contribution in [0.5, 0.6) is 0 Å². The molecular formula is C13H16BrNO4. The number of halogens is 1. The number of furan rings is 1. The Morgan fingerprint density at radius 2 is 2.42 bits per heavy atom. The molecule has 1 aromatic heterocycles. The molecule has 0 saturated carbocycles. The number of ether oxygens (including phenoxy) is 1. The van der Waals surface area contributed by atoms with Crippen molar-refractivity contribution in [3.8, 4) is 0 Å². The molecule has 0 bridgehead atoms. The predicted molar refractivity (Wildman–Crippen MR) is 73.4 cm³/mol. The summed E-state index contributed by atoms with van der Waals surface area (Å²) in [6.07, 6.45) is 2.80. The van der Waals surface area contributed by atoms with Crippen LogP contribution in [0.25, 0.3) is 6.08 Å². The van der Waals surface area contributed by atoms with E-state index in [1.54, 1.807) is 23.1 Å². The van der Waals surface area contributed by atoms with Crippen LogP contribution in [-0.4, -0.2) is 47.8 Å². The van der Waals surface area contributed by atoms with Gasteiger partial charge in [0.05, 0.1) is 25.4 Å². The summed E-state index contributed by atoms with van der Waals surface area (Å²) in [5.41, 5.74) is 0. The molecule has 2 heterocycles. The highest BCUT2D eigenvalue weighted by molar-refractivity contribution is 9.10. The van der Waals surface area contributed by atoms with E-state index in [0.717, 1.165) is 0 Å². The van der Waals surface area contributed by atoms with Crippen molar-refractivity contribution in [2.24, 2.45) is 0 Å². The summed E-state index contributed by atoms with van der Waals surface area (Å²) in [5, 5.41) is 9.09. The fourth-order valence-electron chi connectivity index (χ4n) is 1.90. The maximum absolute atomic E-state index is 12.1. The molecule has 0 spiro atoms. The van der Waals surface area contributed by atoms with Crippen molar-refractivity contribution in [2.75, 3.05) is 19.8 Å². The van der Waals surface area contributed by atoms with E-state index in [9.17, 15) is 4.79 Å². The molecule has 1 amide bonds. The smallest absolute Gasteiger partial charge is 0.247 e. The zero-order valence-electron chi connectivity index (χ0n) is 10.6. The highest BCUT2D eigenvalue weighted by Crippen LogP contribution is 2.16. The van der Waals surface area contributed by atoms with Crippen LogP contribution < -0.4 is 0 Å². The lowest BCUT2D eigenvalue weighted by atomic mass is 10.2. The van der Waals surface area contributed by atoms with Crippen molar-refractivity contribution >= 4 is 27.9 Å². The van der Waals surface area contributed by atoms with Gasteiger partial charge in [0.1, 0.15) is 5.76 Å². The number of hydrogen-bond acceptors (Lipinski definition) is 4. The average molecular weight is 330 g/mol. The van der Waals surface area contributed by atoms with Crippen LogP contribution in [0, 0.1) is 0 Å². The summed E-state index contributed by atoms with van der Waals surface area (Å²) in [6.45, 7) is 2.69. The minimum absolute atomic E-state index is 0.00304. The van der Waals surface area contributed by atoms with Crippen LogP contribution in [0.3, 0.4) is 0 Å². The monoisotopic (exact) mass is 329 g/mol. The highest BCUT2D eigenvalue weighted by Gasteiger charge is 2.27. The molecule has 2 atom stereocenters. The number of nitrogens with zero attached hydrogens (tertiary/aromatic N) is 1. The second-order valence-corrected chi connectivity index (χ2v) is 5.23. The van der Waals surface area contributed by atoms with Gasteiger partial charge in [-0.2, -0.15) is 0 Å². The third kappa shape index (κ3) is 3.68. The molecule has 1 fully saturated rings. The zero-order chi connectivity index (χ0) is 13.8. The second-order valence-electron chi connectivity index (χ2n) is 4.45. The van der Waals surface area contributed by atoms with E-state index < -0.39 is 0 Å². The number of hydrogen-bond donors (Lipinski definition) is 1. The van der Waals surface area contributed by atoms with Crippen molar-refractivity contribution in [2.45, 2.75) is 19.1 Å². The van der Waals surface area contributed by atoms with Gasteiger partial charge in [-0.15, -0.1) is 0 Å². The molecule has 1 aliphatic heterocycles. The van der Waals surface area contributed by atoms with Crippen LogP contribution in [0.15, 0.2) is 27.3 Å². The Morgan fingerprint density at radius 1 is 1.63 bits per heavy atom. The third-order valence-corrected chi connectivity index (χ3v) is 3.40. The molecule has 0 aromatic carbocycles. The van der Waals surface area contributed by atoms with Gasteiger partial charge in [-0.1, -0.05) is 0 Å². The summed E-state index contributed by atoms with van der Waals surface area (Å²) in [5.74, 6) is 0.501. The Labute approximate surface area is 120 Å². The number of amides is 1. The van der Waals surface area contributed by atoms with Gasteiger partial charge in [-0.25, -0.2) is 0 Å². The molecule has 1 aromatic rings. The molecule has 6 heteroatoms. The largest absolute Gasteiger partial charge is 0.450 e. The Balaban J connectivity index is 2.00. The first-order valence-corrected chi connectivity index (χ1v) is 6.86. The SMILES string of the molecule is CC1COC(CO)CN1C(=O)/C=C/c1ccc(Br)o1. The Kier molecular flexibility index (Phi) is 4.79. The number of aliphatic hydroxyl groups is 1. The molecule has 2 rings (SSSR count). The van der Waals surface area contributed by atoms with E-state index in [2.05, 4.69) is 15.9 Å². The second kappa shape index (κ2) is 6.36. The fraction of sp³-hybridized carbons (Fsp3) is 0.462. The number of rotatable bonds is 3. The van der Waals surface area contributed by atoms with Gasteiger partial charge in [0, 0.05) is 12.6 Å². The van der Waals surface area contributed by atoms with Gasteiger partial charge in [-0.05, 0) is 41.1 Å². The summed E-state index contributed by atoms with van der Waals surface area (Å²) in [4.78, 5) is 13.8. The number of carbonyl (C=O) groups excluding carboxylic acids is 1. The van der Waals surface area contributed by atoms with Crippen LogP contribution >= 0.6 is 15.9 Å². The van der Waals surface area contributed by atoms with Gasteiger partial charge in [0.25, 0.3) is 0 Å². The quantitative estimate of drug-likeness (QED) is 0.857. The molecule has 104 valence electrons. The van der Waals surface area contributed by atoms with E-state index in [0.29, 0.717) is 23.6 Å². The predicted octanol–water partition coefficient (Wildman–Crippen LogP) is 1.66. The summed E-state index contributed by atoms with van der Waals surface area (Å²) < 4.78 is 11.3. The molecular weight excluding hydrogens is 314 g/mol. The van der Waals surface area contributed by atoms with Gasteiger partial charge >= 0.3 is 0 Å². The van der Waals surface area contributed by atoms with E-state index in [4.69, 9.17) is 14.3 Å². The number of morpholine rings is 1. The fourth-order valence-corrected chi connectivity index (χ4v) is 2.22. The Morgan fingerprint density at radius 3 is 3.05 bits per heavy atom. The standard InChI is InChI=1S/C13H16BrNO4/c1-9-8-18-11(7-16)6-15(9)13(17)5-3-10-2-4-12(14)19-10/h2-5,9,11,16H,6-8H2,1H3/b5-3+. The maximum Gasteiger partial charge on any atom is 0.247 e. The van der Waals surface area contributed by atoms with Crippen LogP contribution in [0.2, 0.25) is 0 Å². The highest BCUT2D eigenvalue weighted by atomic mass is 79.9. The first-order chi connectivity index (χ1) is 9.10. The Hall–Kier alpha value is -1.11. The van der Waals surface area contributed by atoms with Gasteiger partial charge in [-0.3, -0.25) is 4.79 Å². The normalized spacial score (nSPS) is 24.1. The molecule has 0 radical (unpaired) electrons. The average Bonchev–Trinajstić information content (AvgIpc) is 2.82. The van der Waals surface area contributed by atoms with Crippen LogP contribution in [-0.2, 0) is 9.53 Å². The first-order valence-electron chi connectivity index (χ1n) is 6.06. The molecule has 1 N–H and O–H groups in total. The van der Waals surface area contributed by atoms with Crippen LogP contribution in [0.4, 0.5) is 0 Å². The summed E-state index contributed by atoms with van der Waals surface area (Å²) in [7, 11) is 0. The number of aliphatic hydroxyl groups excluding tert-OH is 1. The molecule has 2 unspecified atom stereocenters. The minimum Gasteiger partial charge on any atom is -0.450 e. The van der Waals surface area contributed by atoms with E-state index in [1.807, 2.05) is 6.92 Å². The Bertz CT molecular complexity index is 471. The van der Waals surface area contributed by atoms with Crippen molar-refractivity contribution in [3.63, 3.8) is 0 Å². The van der Waals surface area contributed by atoms with E-state index >= 15 is 0 Å². The molecule has 19 heavy (non-hydrogen) atoms. The minimum atomic E-state index is -0.300. The van der Waals surface area contributed by atoms with Gasteiger partial charge < -0.3 is 19.2 Å². The van der Waals surface area contributed by atoms with Crippen molar-refractivity contribution < 1.29 is 19.1 Å². The van der Waals surface area contributed by atoms with Gasteiger partial charge in [0.15, 0.2) is 4.67 Å². The van der Waals surface area contributed by atoms with E-state index in [1.165, 1.54) is 6.08 Å². The molecule has 5 nitrogen and oxygen atoms in total. The molecule has 0 aliphatic carbocycles. The topological polar surface area (TPSA) is 62.9 Å². The lowest BCUT2D eigenvalue weighted by Crippen LogP contribution is -2.51.